The molecule has 0 bridgehead atoms. The van der Waals surface area contributed by atoms with Crippen LogP contribution >= 0.6 is 26.2 Å². The van der Waals surface area contributed by atoms with Crippen molar-refractivity contribution in [3.05, 3.63) is 90.0 Å². The first kappa shape index (κ1) is 29.1. The number of allylic oxidation sites excluding steroid dienone is 2. The summed E-state index contributed by atoms with van der Waals surface area (Å²) in [5, 5.41) is 7.22. The van der Waals surface area contributed by atoms with E-state index in [1.807, 2.05) is 22.8 Å². The van der Waals surface area contributed by atoms with Crippen molar-refractivity contribution in [3.8, 4) is 16.9 Å². The highest BCUT2D eigenvalue weighted by atomic mass is 79.9. The van der Waals surface area contributed by atoms with Gasteiger partial charge in [0.2, 0.25) is 0 Å². The Morgan fingerprint density at radius 1 is 1.10 bits per heavy atom. The third-order valence-corrected chi connectivity index (χ3v) is 10.8. The molecule has 0 saturated carbocycles. The lowest BCUT2D eigenvalue weighted by Crippen LogP contribution is -2.38. The summed E-state index contributed by atoms with van der Waals surface area (Å²) in [7, 11) is -10.1. The van der Waals surface area contributed by atoms with Gasteiger partial charge in [-0.2, -0.15) is 5.10 Å². The Bertz CT molecular complexity index is 1760. The van der Waals surface area contributed by atoms with Crippen LogP contribution in [0.3, 0.4) is 0 Å². The number of carbonyl (C=O) groups excluding carboxylic acids is 1. The number of alkyl halides is 1. The monoisotopic (exact) mass is 655 g/mol. The summed E-state index contributed by atoms with van der Waals surface area (Å²) in [5.41, 5.74) is 2.51. The maximum absolute atomic E-state index is 14.2. The summed E-state index contributed by atoms with van der Waals surface area (Å²) in [6, 6.07) is 10.8. The number of nitrogens with zero attached hydrogens (tertiary/aromatic N) is 4. The van der Waals surface area contributed by atoms with Gasteiger partial charge in [0.15, 0.2) is 3.66 Å². The molecule has 13 heteroatoms. The Morgan fingerprint density at radius 3 is 2.46 bits per heavy atom. The third kappa shape index (κ3) is 5.44. The molecule has 1 unspecified atom stereocenters. The summed E-state index contributed by atoms with van der Waals surface area (Å²) in [6.07, 6.45) is 7.42. The van der Waals surface area contributed by atoms with Crippen LogP contribution in [0.15, 0.2) is 84.5 Å². The van der Waals surface area contributed by atoms with Gasteiger partial charge in [0, 0.05) is 59.8 Å². The Labute approximate surface area is 241 Å². The second kappa shape index (κ2) is 8.78. The number of aryl methyl sites for hydroxylation is 1. The molecule has 0 aliphatic heterocycles. The first-order valence-electron chi connectivity index (χ1n) is 12.5. The molecule has 1 aromatic carbocycles. The molecule has 218 valence electrons. The number of benzene rings is 1. The van der Waals surface area contributed by atoms with E-state index in [2.05, 4.69) is 31.3 Å². The van der Waals surface area contributed by atoms with E-state index in [0.717, 1.165) is 11.2 Å². The highest BCUT2D eigenvalue weighted by molar-refractivity contribution is 9.13. The number of hydrogen-bond donors (Lipinski definition) is 1. The van der Waals surface area contributed by atoms with Gasteiger partial charge in [0.1, 0.15) is 5.65 Å². The van der Waals surface area contributed by atoms with Crippen molar-refractivity contribution in [2.24, 2.45) is 5.41 Å². The zero-order valence-corrected chi connectivity index (χ0v) is 24.9. The number of pyridine rings is 1. The van der Waals surface area contributed by atoms with Crippen molar-refractivity contribution in [2.45, 2.75) is 37.8 Å². The van der Waals surface area contributed by atoms with Gasteiger partial charge in [0.05, 0.1) is 5.69 Å². The molecule has 0 fully saturated rings. The fraction of sp³-hybridized carbons (Fsp3) is 0.250. The molecule has 3 aromatic heterocycles. The Kier molecular flexibility index (Phi) is 6.22. The molecule has 0 radical (unpaired) electrons. The zero-order valence-electron chi connectivity index (χ0n) is 22.5. The molecular formula is C28H27BrF5N5OS. The van der Waals surface area contributed by atoms with Crippen molar-refractivity contribution in [1.82, 2.24) is 19.2 Å². The lowest BCUT2D eigenvalue weighted by atomic mass is 9.81. The van der Waals surface area contributed by atoms with Crippen molar-refractivity contribution >= 4 is 43.4 Å². The molecule has 1 aliphatic rings. The summed E-state index contributed by atoms with van der Waals surface area (Å²) in [6.45, 7) is 6.51. The highest BCUT2D eigenvalue weighted by Gasteiger charge is 2.78. The van der Waals surface area contributed by atoms with E-state index in [4.69, 9.17) is 0 Å². The van der Waals surface area contributed by atoms with Crippen molar-refractivity contribution in [3.63, 3.8) is 0 Å². The summed E-state index contributed by atoms with van der Waals surface area (Å²) < 4.78 is 70.7. The standard InChI is InChI=1S/C28H27BrF5N5OS/c1-18-7-8-22(38-10-11-39-25(38)14-24(37-39)19-6-5-9-35-17-19)13-23(18)36-26(40)20-12-21(27(2,3)4)16-28(29,15-20)41(30,31,32,33)34/h5-14,16-17H,15H2,1-4H3,(H,36,40). The summed E-state index contributed by atoms with van der Waals surface area (Å²) in [4.78, 5) is 17.5. The van der Waals surface area contributed by atoms with E-state index >= 15 is 0 Å². The number of carbonyl (C=O) groups is 1. The number of halogens is 6. The lowest BCUT2D eigenvalue weighted by Gasteiger charge is -2.53. The van der Waals surface area contributed by atoms with Gasteiger partial charge in [-0.3, -0.25) is 9.78 Å². The van der Waals surface area contributed by atoms with E-state index in [9.17, 15) is 24.2 Å². The Balaban J connectivity index is 1.49. The fourth-order valence-corrected chi connectivity index (χ4v) is 5.83. The third-order valence-electron chi connectivity index (χ3n) is 6.96. The minimum absolute atomic E-state index is 0.0237. The number of rotatable bonds is 5. The molecule has 5 rings (SSSR count). The van der Waals surface area contributed by atoms with Gasteiger partial charge in [-0.25, -0.2) is 4.52 Å². The number of fused-ring (bicyclic) bond motifs is 1. The van der Waals surface area contributed by atoms with E-state index in [-0.39, 0.29) is 5.57 Å². The zero-order chi connectivity index (χ0) is 30.1. The molecule has 0 saturated heterocycles. The van der Waals surface area contributed by atoms with Crippen LogP contribution in [-0.4, -0.2) is 28.7 Å². The molecule has 1 amide bonds. The molecule has 0 spiro atoms. The minimum Gasteiger partial charge on any atom is -0.322 e. The molecule has 6 nitrogen and oxygen atoms in total. The number of nitrogens with one attached hydrogen (secondary N) is 1. The predicted molar refractivity (Wildman–Crippen MR) is 156 cm³/mol. The van der Waals surface area contributed by atoms with Gasteiger partial charge in [0.25, 0.3) is 5.91 Å². The van der Waals surface area contributed by atoms with Crippen molar-refractivity contribution < 1.29 is 24.2 Å². The van der Waals surface area contributed by atoms with Gasteiger partial charge in [-0.05, 0) is 59.9 Å². The molecular weight excluding hydrogens is 629 g/mol. The van der Waals surface area contributed by atoms with Crippen LogP contribution in [0.25, 0.3) is 22.6 Å². The van der Waals surface area contributed by atoms with Crippen LogP contribution in [0.1, 0.15) is 32.8 Å². The molecule has 1 N–H and O–H groups in total. The lowest BCUT2D eigenvalue weighted by molar-refractivity contribution is -0.113. The summed E-state index contributed by atoms with van der Waals surface area (Å²) >= 11 is 2.31. The Hall–Kier alpha value is -3.45. The van der Waals surface area contributed by atoms with Gasteiger partial charge in [-0.1, -0.05) is 62.2 Å². The SMILES string of the molecule is Cc1ccc(-n2ccn3nc(-c4cccnc4)cc23)cc1NC(=O)C1=CC(C(C)(C)C)=CC(Br)(S(F)(F)(F)(F)F)C1. The number of imidazole rings is 1. The fourth-order valence-electron chi connectivity index (χ4n) is 4.50. The van der Waals surface area contributed by atoms with Crippen LogP contribution < -0.4 is 5.32 Å². The van der Waals surface area contributed by atoms with E-state index in [1.165, 1.54) is 6.08 Å². The van der Waals surface area contributed by atoms with Crippen LogP contribution in [0.5, 0.6) is 0 Å². The van der Waals surface area contributed by atoms with Crippen molar-refractivity contribution in [2.75, 3.05) is 5.32 Å². The largest absolute Gasteiger partial charge is 0.322 e. The second-order valence-corrected chi connectivity index (χ2v) is 15.8. The maximum Gasteiger partial charge on any atom is 0.302 e. The van der Waals surface area contributed by atoms with E-state index in [0.29, 0.717) is 28.7 Å². The van der Waals surface area contributed by atoms with Crippen LogP contribution in [0.2, 0.25) is 0 Å². The number of hydrogen-bond acceptors (Lipinski definition) is 3. The minimum atomic E-state index is -10.1. The first-order valence-corrected chi connectivity index (χ1v) is 15.2. The number of aromatic nitrogens is 4. The number of amides is 1. The van der Waals surface area contributed by atoms with Crippen LogP contribution in [0.4, 0.5) is 25.1 Å². The number of anilines is 1. The predicted octanol–water partition coefficient (Wildman–Crippen LogP) is 9.13. The van der Waals surface area contributed by atoms with E-state index < -0.39 is 37.2 Å². The molecule has 3 heterocycles. The normalized spacial score (nSPS) is 19.8. The summed E-state index contributed by atoms with van der Waals surface area (Å²) in [5.74, 6) is -0.897. The van der Waals surface area contributed by atoms with Crippen LogP contribution in [-0.2, 0) is 4.79 Å². The average Bonchev–Trinajstić information content (AvgIpc) is 3.45. The second-order valence-electron chi connectivity index (χ2n) is 11.1. The highest BCUT2D eigenvalue weighted by Crippen LogP contribution is 3.05. The molecule has 4 aromatic rings. The van der Waals surface area contributed by atoms with Gasteiger partial charge < -0.3 is 9.88 Å². The first-order chi connectivity index (χ1) is 18.7. The van der Waals surface area contributed by atoms with E-state index in [1.54, 1.807) is 75.2 Å². The topological polar surface area (TPSA) is 64.2 Å². The quantitative estimate of drug-likeness (QED) is 0.172. The molecule has 1 atom stereocenters. The van der Waals surface area contributed by atoms with Gasteiger partial charge in [-0.15, -0.1) is 0 Å². The smallest absolute Gasteiger partial charge is 0.302 e. The molecule has 1 aliphatic carbocycles. The average molecular weight is 657 g/mol. The van der Waals surface area contributed by atoms with Crippen molar-refractivity contribution in [1.29, 1.82) is 0 Å². The maximum atomic E-state index is 14.2. The van der Waals surface area contributed by atoms with Gasteiger partial charge >= 0.3 is 10.2 Å². The molecule has 41 heavy (non-hydrogen) atoms. The van der Waals surface area contributed by atoms with Crippen LogP contribution in [0, 0.1) is 12.3 Å². The Morgan fingerprint density at radius 2 is 1.83 bits per heavy atom.